The molecule has 1 aromatic rings. The Kier molecular flexibility index (Phi) is 6.98. The number of amides is 1. The van der Waals surface area contributed by atoms with Crippen LogP contribution < -0.4 is 5.32 Å². The second kappa shape index (κ2) is 8.02. The van der Waals surface area contributed by atoms with E-state index in [4.69, 9.17) is 11.6 Å². The van der Waals surface area contributed by atoms with Gasteiger partial charge < -0.3 is 10.2 Å². The molecule has 0 bridgehead atoms. The summed E-state index contributed by atoms with van der Waals surface area (Å²) in [7, 11) is 1.88. The van der Waals surface area contributed by atoms with Gasteiger partial charge in [0.2, 0.25) is 5.91 Å². The van der Waals surface area contributed by atoms with Gasteiger partial charge >= 0.3 is 0 Å². The zero-order valence-electron chi connectivity index (χ0n) is 12.8. The minimum absolute atomic E-state index is 0. The second-order valence-electron chi connectivity index (χ2n) is 5.63. The molecular weight excluding hydrogens is 307 g/mol. The molecular formula is C16H24Cl2N2O. The van der Waals surface area contributed by atoms with Gasteiger partial charge in [-0.1, -0.05) is 36.7 Å². The van der Waals surface area contributed by atoms with Crippen molar-refractivity contribution in [3.8, 4) is 0 Å². The van der Waals surface area contributed by atoms with Crippen LogP contribution >= 0.6 is 24.0 Å². The quantitative estimate of drug-likeness (QED) is 0.863. The van der Waals surface area contributed by atoms with Gasteiger partial charge in [0, 0.05) is 23.5 Å². The van der Waals surface area contributed by atoms with Crippen LogP contribution in [0.25, 0.3) is 0 Å². The standard InChI is InChI=1S/C16H23ClN2O.ClH/c1-11(10-18-3)16(20)19(13-8-9-13)12(2)14-6-4-5-7-15(14)17;/h4-7,11-13,18H,8-10H2,1-3H3;1H. The fourth-order valence-electron chi connectivity index (χ4n) is 2.65. The molecule has 5 heteroatoms. The van der Waals surface area contributed by atoms with Crippen LogP contribution in [0.1, 0.15) is 38.3 Å². The topological polar surface area (TPSA) is 32.3 Å². The molecule has 0 spiro atoms. The minimum atomic E-state index is -0.00876. The molecule has 2 rings (SSSR count). The molecule has 0 radical (unpaired) electrons. The van der Waals surface area contributed by atoms with Crippen molar-refractivity contribution >= 4 is 29.9 Å². The maximum atomic E-state index is 12.7. The number of hydrogen-bond acceptors (Lipinski definition) is 2. The van der Waals surface area contributed by atoms with E-state index in [1.807, 2.05) is 43.1 Å². The van der Waals surface area contributed by atoms with Crippen LogP contribution in [0, 0.1) is 5.92 Å². The third kappa shape index (κ3) is 4.35. The zero-order valence-corrected chi connectivity index (χ0v) is 14.4. The van der Waals surface area contributed by atoms with Gasteiger partial charge in [-0.25, -0.2) is 0 Å². The number of halogens is 2. The summed E-state index contributed by atoms with van der Waals surface area (Å²) >= 11 is 6.28. The number of benzene rings is 1. The van der Waals surface area contributed by atoms with Crippen LogP contribution in [0.15, 0.2) is 24.3 Å². The molecule has 1 N–H and O–H groups in total. The van der Waals surface area contributed by atoms with Crippen molar-refractivity contribution < 1.29 is 4.79 Å². The largest absolute Gasteiger partial charge is 0.333 e. The smallest absolute Gasteiger partial charge is 0.227 e. The van der Waals surface area contributed by atoms with E-state index >= 15 is 0 Å². The molecule has 1 aliphatic rings. The minimum Gasteiger partial charge on any atom is -0.333 e. The van der Waals surface area contributed by atoms with Crippen molar-refractivity contribution in [1.29, 1.82) is 0 Å². The lowest BCUT2D eigenvalue weighted by Crippen LogP contribution is -2.41. The third-order valence-corrected chi connectivity index (χ3v) is 4.24. The van der Waals surface area contributed by atoms with Crippen molar-refractivity contribution in [3.63, 3.8) is 0 Å². The van der Waals surface area contributed by atoms with E-state index in [1.165, 1.54) is 0 Å². The number of nitrogens with zero attached hydrogens (tertiary/aromatic N) is 1. The second-order valence-corrected chi connectivity index (χ2v) is 6.04. The summed E-state index contributed by atoms with van der Waals surface area (Å²) in [6.07, 6.45) is 2.21. The average Bonchev–Trinajstić information content (AvgIpc) is 3.24. The molecule has 2 atom stereocenters. The van der Waals surface area contributed by atoms with E-state index in [0.717, 1.165) is 23.4 Å². The fraction of sp³-hybridized carbons (Fsp3) is 0.562. The lowest BCUT2D eigenvalue weighted by Gasteiger charge is -2.32. The molecule has 1 fully saturated rings. The van der Waals surface area contributed by atoms with E-state index in [1.54, 1.807) is 0 Å². The molecule has 1 amide bonds. The first-order valence-corrected chi connectivity index (χ1v) is 7.65. The highest BCUT2D eigenvalue weighted by Gasteiger charge is 2.38. The average molecular weight is 331 g/mol. The Hall–Kier alpha value is -0.770. The molecule has 0 saturated heterocycles. The van der Waals surface area contributed by atoms with Crippen molar-refractivity contribution in [2.24, 2.45) is 5.92 Å². The summed E-state index contributed by atoms with van der Waals surface area (Å²) in [6, 6.07) is 8.21. The van der Waals surface area contributed by atoms with Crippen LogP contribution in [0.3, 0.4) is 0 Å². The molecule has 21 heavy (non-hydrogen) atoms. The highest BCUT2D eigenvalue weighted by atomic mass is 35.5. The Morgan fingerprint density at radius 3 is 2.52 bits per heavy atom. The van der Waals surface area contributed by atoms with Gasteiger partial charge in [-0.3, -0.25) is 4.79 Å². The van der Waals surface area contributed by atoms with E-state index in [9.17, 15) is 4.79 Å². The van der Waals surface area contributed by atoms with Crippen LogP contribution in [-0.2, 0) is 4.79 Å². The summed E-state index contributed by atoms with van der Waals surface area (Å²) < 4.78 is 0. The van der Waals surface area contributed by atoms with Gasteiger partial charge in [-0.15, -0.1) is 12.4 Å². The molecule has 1 aliphatic carbocycles. The van der Waals surface area contributed by atoms with E-state index in [0.29, 0.717) is 12.6 Å². The van der Waals surface area contributed by atoms with Crippen molar-refractivity contribution in [1.82, 2.24) is 10.2 Å². The number of rotatable bonds is 6. The third-order valence-electron chi connectivity index (χ3n) is 3.90. The number of hydrogen-bond donors (Lipinski definition) is 1. The summed E-state index contributed by atoms with van der Waals surface area (Å²) in [6.45, 7) is 4.76. The van der Waals surface area contributed by atoms with Crippen LogP contribution in [0.5, 0.6) is 0 Å². The number of nitrogens with one attached hydrogen (secondary N) is 1. The first-order chi connectivity index (χ1) is 9.56. The van der Waals surface area contributed by atoms with Crippen molar-refractivity contribution in [3.05, 3.63) is 34.9 Å². The molecule has 3 nitrogen and oxygen atoms in total. The normalized spacial score (nSPS) is 16.8. The van der Waals surface area contributed by atoms with Crippen LogP contribution in [0.2, 0.25) is 5.02 Å². The van der Waals surface area contributed by atoms with Crippen molar-refractivity contribution in [2.75, 3.05) is 13.6 Å². The lowest BCUT2D eigenvalue weighted by atomic mass is 10.0. The summed E-state index contributed by atoms with van der Waals surface area (Å²) in [5.41, 5.74) is 1.03. The Labute approximate surface area is 138 Å². The molecule has 0 heterocycles. The Morgan fingerprint density at radius 1 is 1.38 bits per heavy atom. The SMILES string of the molecule is CNCC(C)C(=O)N(C1CC1)C(C)c1ccccc1Cl.Cl. The monoisotopic (exact) mass is 330 g/mol. The number of carbonyl (C=O) groups is 1. The number of carbonyl (C=O) groups excluding carboxylic acids is 1. The predicted octanol–water partition coefficient (Wildman–Crippen LogP) is 3.67. The van der Waals surface area contributed by atoms with Gasteiger partial charge in [0.05, 0.1) is 6.04 Å². The van der Waals surface area contributed by atoms with Gasteiger partial charge in [0.25, 0.3) is 0 Å². The van der Waals surface area contributed by atoms with E-state index in [2.05, 4.69) is 12.2 Å². The Morgan fingerprint density at radius 2 is 2.00 bits per heavy atom. The molecule has 118 valence electrons. The first-order valence-electron chi connectivity index (χ1n) is 7.27. The molecule has 0 aliphatic heterocycles. The van der Waals surface area contributed by atoms with Crippen LogP contribution in [-0.4, -0.2) is 30.4 Å². The van der Waals surface area contributed by atoms with Gasteiger partial charge in [0.1, 0.15) is 0 Å². The zero-order chi connectivity index (χ0) is 14.7. The summed E-state index contributed by atoms with van der Waals surface area (Å²) in [4.78, 5) is 14.7. The predicted molar refractivity (Wildman–Crippen MR) is 90.1 cm³/mol. The Balaban J connectivity index is 0.00000220. The Bertz CT molecular complexity index is 477. The summed E-state index contributed by atoms with van der Waals surface area (Å²) in [5, 5.41) is 3.81. The first kappa shape index (κ1) is 18.3. The van der Waals surface area contributed by atoms with Gasteiger partial charge in [-0.05, 0) is 38.4 Å². The van der Waals surface area contributed by atoms with Gasteiger partial charge in [0.15, 0.2) is 0 Å². The van der Waals surface area contributed by atoms with Crippen LogP contribution in [0.4, 0.5) is 0 Å². The fourth-order valence-corrected chi connectivity index (χ4v) is 2.95. The van der Waals surface area contributed by atoms with E-state index in [-0.39, 0.29) is 30.3 Å². The van der Waals surface area contributed by atoms with Crippen molar-refractivity contribution in [2.45, 2.75) is 38.8 Å². The molecule has 1 saturated carbocycles. The lowest BCUT2D eigenvalue weighted by molar-refractivity contribution is -0.137. The van der Waals surface area contributed by atoms with E-state index < -0.39 is 0 Å². The molecule has 2 unspecified atom stereocenters. The molecule has 1 aromatic carbocycles. The maximum Gasteiger partial charge on any atom is 0.227 e. The van der Waals surface area contributed by atoms with Gasteiger partial charge in [-0.2, -0.15) is 0 Å². The highest BCUT2D eigenvalue weighted by molar-refractivity contribution is 6.31. The highest BCUT2D eigenvalue weighted by Crippen LogP contribution is 2.37. The summed E-state index contributed by atoms with van der Waals surface area (Å²) in [5.74, 6) is 0.208. The molecule has 0 aromatic heterocycles. The maximum absolute atomic E-state index is 12.7.